The van der Waals surface area contributed by atoms with E-state index in [-0.39, 0.29) is 5.91 Å². The van der Waals surface area contributed by atoms with E-state index in [0.29, 0.717) is 0 Å². The van der Waals surface area contributed by atoms with Crippen LogP contribution in [0.5, 0.6) is 0 Å². The molecule has 2 aromatic heterocycles. The first-order valence-corrected chi connectivity index (χ1v) is 8.81. The minimum Gasteiger partial charge on any atom is -0.346 e. The van der Waals surface area contributed by atoms with Gasteiger partial charge in [0.25, 0.3) is 5.91 Å². The lowest BCUT2D eigenvalue weighted by Crippen LogP contribution is -2.36. The number of H-pyrrole nitrogens is 1. The number of nitrogens with zero attached hydrogens (tertiary/aromatic N) is 2. The van der Waals surface area contributed by atoms with Crippen molar-refractivity contribution in [3.63, 3.8) is 0 Å². The molecule has 0 aliphatic carbocycles. The Morgan fingerprint density at radius 1 is 1.04 bits per heavy atom. The number of nitrogens with one attached hydrogen (secondary N) is 1. The first-order chi connectivity index (χ1) is 12.3. The summed E-state index contributed by atoms with van der Waals surface area (Å²) in [5, 5.41) is 1.03. The van der Waals surface area contributed by atoms with Crippen molar-refractivity contribution in [1.29, 1.82) is 0 Å². The van der Waals surface area contributed by atoms with Gasteiger partial charge < -0.3 is 9.88 Å². The molecule has 4 rings (SSSR count). The fourth-order valence-electron chi connectivity index (χ4n) is 3.41. The molecule has 3 aromatic rings. The first kappa shape index (κ1) is 15.6. The highest BCUT2D eigenvalue weighted by molar-refractivity contribution is 6.24. The lowest BCUT2D eigenvalue weighted by atomic mass is 10.00. The van der Waals surface area contributed by atoms with Gasteiger partial charge in [-0.15, -0.1) is 0 Å². The number of fused-ring (bicyclic) bond motifs is 1. The lowest BCUT2D eigenvalue weighted by molar-refractivity contribution is -0.125. The Balaban J connectivity index is 1.78. The quantitative estimate of drug-likeness (QED) is 0.734. The van der Waals surface area contributed by atoms with Gasteiger partial charge in [0.15, 0.2) is 0 Å². The lowest BCUT2D eigenvalue weighted by Gasteiger charge is -2.27. The molecule has 126 valence electrons. The van der Waals surface area contributed by atoms with E-state index >= 15 is 0 Å². The second-order valence-corrected chi connectivity index (χ2v) is 6.42. The molecule has 0 atom stereocenters. The third kappa shape index (κ3) is 3.20. The molecule has 25 heavy (non-hydrogen) atoms. The van der Waals surface area contributed by atoms with Crippen LogP contribution in [0.2, 0.25) is 0 Å². The number of carbonyl (C=O) groups is 1. The van der Waals surface area contributed by atoms with E-state index in [0.717, 1.165) is 53.7 Å². The normalized spacial score (nSPS) is 15.5. The van der Waals surface area contributed by atoms with E-state index in [2.05, 4.69) is 9.97 Å². The number of benzene rings is 1. The van der Waals surface area contributed by atoms with Gasteiger partial charge in [-0.3, -0.25) is 4.79 Å². The van der Waals surface area contributed by atoms with Crippen LogP contribution in [0.3, 0.4) is 0 Å². The summed E-state index contributed by atoms with van der Waals surface area (Å²) in [5.74, 6) is 0.115. The zero-order valence-corrected chi connectivity index (χ0v) is 14.1. The average Bonchev–Trinajstić information content (AvgIpc) is 3.10. The number of likely N-dealkylation sites (tertiary alicyclic amines) is 1. The molecule has 1 aliphatic rings. The molecule has 0 saturated carbocycles. The minimum atomic E-state index is 0.115. The van der Waals surface area contributed by atoms with Crippen LogP contribution in [0, 0.1) is 0 Å². The molecule has 3 heterocycles. The fraction of sp³-hybridized carbons (Fsp3) is 0.238. The summed E-state index contributed by atoms with van der Waals surface area (Å²) >= 11 is 0. The second kappa shape index (κ2) is 6.93. The molecule has 0 bridgehead atoms. The van der Waals surface area contributed by atoms with Crippen molar-refractivity contribution in [3.05, 3.63) is 66.0 Å². The van der Waals surface area contributed by atoms with E-state index in [4.69, 9.17) is 0 Å². The third-order valence-electron chi connectivity index (χ3n) is 4.74. The average molecular weight is 331 g/mol. The van der Waals surface area contributed by atoms with Crippen LogP contribution in [0.1, 0.15) is 30.4 Å². The number of carbonyl (C=O) groups excluding carboxylic acids is 1. The van der Waals surface area contributed by atoms with Gasteiger partial charge in [-0.25, -0.2) is 4.98 Å². The summed E-state index contributed by atoms with van der Waals surface area (Å²) in [5.41, 5.74) is 3.53. The Hall–Kier alpha value is -2.88. The van der Waals surface area contributed by atoms with Gasteiger partial charge in [-0.1, -0.05) is 30.3 Å². The molecular weight excluding hydrogens is 310 g/mol. The topological polar surface area (TPSA) is 49.0 Å². The number of amides is 1. The van der Waals surface area contributed by atoms with Crippen molar-refractivity contribution in [2.75, 3.05) is 13.1 Å². The van der Waals surface area contributed by atoms with E-state index in [1.165, 1.54) is 6.42 Å². The monoisotopic (exact) mass is 331 g/mol. The van der Waals surface area contributed by atoms with Crippen LogP contribution >= 0.6 is 0 Å². The molecule has 1 saturated heterocycles. The van der Waals surface area contributed by atoms with Crippen molar-refractivity contribution in [1.82, 2.24) is 14.9 Å². The van der Waals surface area contributed by atoms with Crippen LogP contribution in [0.15, 0.2) is 54.9 Å². The predicted molar refractivity (Wildman–Crippen MR) is 101 cm³/mol. The zero-order valence-electron chi connectivity index (χ0n) is 14.1. The Kier molecular flexibility index (Phi) is 4.34. The molecule has 1 N–H and O–H groups in total. The number of hydrogen-bond donors (Lipinski definition) is 1. The third-order valence-corrected chi connectivity index (χ3v) is 4.74. The van der Waals surface area contributed by atoms with Gasteiger partial charge in [0, 0.05) is 42.0 Å². The molecule has 4 nitrogen and oxygen atoms in total. The molecule has 0 radical (unpaired) electrons. The molecule has 1 amide bonds. The van der Waals surface area contributed by atoms with Crippen molar-refractivity contribution in [2.24, 2.45) is 0 Å². The minimum absolute atomic E-state index is 0.115. The first-order valence-electron chi connectivity index (χ1n) is 8.81. The Labute approximate surface area is 147 Å². The van der Waals surface area contributed by atoms with E-state index in [9.17, 15) is 4.79 Å². The Morgan fingerprint density at radius 3 is 2.64 bits per heavy atom. The molecule has 1 aromatic carbocycles. The summed E-state index contributed by atoms with van der Waals surface area (Å²) in [4.78, 5) is 22.7. The maximum Gasteiger partial charge on any atom is 0.254 e. The molecule has 0 unspecified atom stereocenters. The van der Waals surface area contributed by atoms with Crippen LogP contribution < -0.4 is 0 Å². The maximum atomic E-state index is 13.2. The fourth-order valence-corrected chi connectivity index (χ4v) is 3.41. The van der Waals surface area contributed by atoms with Gasteiger partial charge in [-0.2, -0.15) is 0 Å². The highest BCUT2D eigenvalue weighted by Crippen LogP contribution is 2.26. The van der Waals surface area contributed by atoms with Crippen LogP contribution in [0.25, 0.3) is 22.7 Å². The summed E-state index contributed by atoms with van der Waals surface area (Å²) in [7, 11) is 0. The number of pyridine rings is 1. The van der Waals surface area contributed by atoms with Crippen LogP contribution in [-0.2, 0) is 4.79 Å². The number of rotatable bonds is 3. The largest absolute Gasteiger partial charge is 0.346 e. The number of hydrogen-bond acceptors (Lipinski definition) is 2. The summed E-state index contributed by atoms with van der Waals surface area (Å²) < 4.78 is 0. The Bertz CT molecular complexity index is 905. The van der Waals surface area contributed by atoms with Gasteiger partial charge in [0.1, 0.15) is 5.65 Å². The van der Waals surface area contributed by atoms with Crippen molar-refractivity contribution < 1.29 is 4.79 Å². The molecule has 1 fully saturated rings. The summed E-state index contributed by atoms with van der Waals surface area (Å²) in [6, 6.07) is 13.9. The number of aromatic amines is 1. The highest BCUT2D eigenvalue weighted by atomic mass is 16.2. The molecular formula is C21H21N3O. The van der Waals surface area contributed by atoms with E-state index < -0.39 is 0 Å². The van der Waals surface area contributed by atoms with Gasteiger partial charge >= 0.3 is 0 Å². The number of piperidine rings is 1. The van der Waals surface area contributed by atoms with Crippen LogP contribution in [0.4, 0.5) is 0 Å². The summed E-state index contributed by atoms with van der Waals surface area (Å²) in [6.07, 6.45) is 9.07. The van der Waals surface area contributed by atoms with Gasteiger partial charge in [0.2, 0.25) is 0 Å². The van der Waals surface area contributed by atoms with Crippen LogP contribution in [-0.4, -0.2) is 33.9 Å². The number of aromatic nitrogens is 2. The standard InChI is InChI=1S/C21H21N3O/c25-21(24-12-5-2-6-13-24)19(16-8-3-1-4-9-16)14-17-15-23-20-18(17)10-7-11-22-20/h1,3-4,7-11,14-15H,2,5-6,12-13H2,(H,22,23). The summed E-state index contributed by atoms with van der Waals surface area (Å²) in [6.45, 7) is 1.69. The SMILES string of the molecule is O=C(C(=Cc1c[nH]c2ncccc12)c1ccccc1)N1CCCCC1. The maximum absolute atomic E-state index is 13.2. The predicted octanol–water partition coefficient (Wildman–Crippen LogP) is 4.12. The molecule has 1 aliphatic heterocycles. The van der Waals surface area contributed by atoms with Gasteiger partial charge in [0.05, 0.1) is 0 Å². The van der Waals surface area contributed by atoms with Crippen molar-refractivity contribution in [2.45, 2.75) is 19.3 Å². The van der Waals surface area contributed by atoms with Crippen molar-refractivity contribution in [3.8, 4) is 0 Å². The van der Waals surface area contributed by atoms with Crippen molar-refractivity contribution >= 4 is 28.6 Å². The smallest absolute Gasteiger partial charge is 0.254 e. The second-order valence-electron chi connectivity index (χ2n) is 6.42. The van der Waals surface area contributed by atoms with E-state index in [1.54, 1.807) is 6.20 Å². The zero-order chi connectivity index (χ0) is 17.1. The van der Waals surface area contributed by atoms with E-state index in [1.807, 2.05) is 59.6 Å². The molecule has 4 heteroatoms. The Morgan fingerprint density at radius 2 is 1.84 bits per heavy atom. The molecule has 0 spiro atoms. The van der Waals surface area contributed by atoms with Gasteiger partial charge in [-0.05, 0) is 43.0 Å². The highest BCUT2D eigenvalue weighted by Gasteiger charge is 2.21.